The SMILES string of the molecule is O=C1CC[C@H](N2Cc3c(ccc(C4(O)CCN(Cc5ccc(C(F)(F)F)cc5)CC4)c3F)C2=O)C(=O)N1. The number of amides is 3. The van der Waals surface area contributed by atoms with Crippen molar-refractivity contribution in [1.29, 1.82) is 0 Å². The highest BCUT2D eigenvalue weighted by molar-refractivity contribution is 6.05. The van der Waals surface area contributed by atoms with E-state index in [0.29, 0.717) is 25.2 Å². The van der Waals surface area contributed by atoms with E-state index in [1.807, 2.05) is 4.90 Å². The standard InChI is InChI=1S/C26H25F4N3O4/c27-22-18-14-33(20-7-8-21(34)31-23(20)35)24(36)17(18)5-6-19(22)25(37)9-11-32(12-10-25)13-15-1-3-16(4-2-15)26(28,29)30/h1-6,20,37H,7-14H2,(H,31,34,35)/t20-/m0/s1. The number of alkyl halides is 3. The van der Waals surface area contributed by atoms with E-state index in [-0.39, 0.29) is 48.9 Å². The van der Waals surface area contributed by atoms with E-state index in [9.17, 15) is 32.7 Å². The lowest BCUT2D eigenvalue weighted by Crippen LogP contribution is -2.52. The van der Waals surface area contributed by atoms with Crippen LogP contribution in [0.4, 0.5) is 17.6 Å². The number of halogens is 4. The third kappa shape index (κ3) is 4.73. The highest BCUT2D eigenvalue weighted by Gasteiger charge is 2.43. The second-order valence-corrected chi connectivity index (χ2v) is 9.86. The van der Waals surface area contributed by atoms with Crippen molar-refractivity contribution in [1.82, 2.24) is 15.1 Å². The summed E-state index contributed by atoms with van der Waals surface area (Å²) in [7, 11) is 0. The molecule has 3 amide bonds. The van der Waals surface area contributed by atoms with E-state index in [0.717, 1.165) is 12.1 Å². The molecule has 0 unspecified atom stereocenters. The van der Waals surface area contributed by atoms with Crippen molar-refractivity contribution in [2.45, 2.75) is 56.6 Å². The summed E-state index contributed by atoms with van der Waals surface area (Å²) in [5.74, 6) is -2.17. The lowest BCUT2D eigenvalue weighted by atomic mass is 9.82. The number of aliphatic hydroxyl groups is 1. The number of benzene rings is 2. The summed E-state index contributed by atoms with van der Waals surface area (Å²) in [5, 5.41) is 13.5. The molecule has 196 valence electrons. The van der Waals surface area contributed by atoms with Crippen molar-refractivity contribution in [2.75, 3.05) is 13.1 Å². The van der Waals surface area contributed by atoms with Gasteiger partial charge in [-0.15, -0.1) is 0 Å². The first-order chi connectivity index (χ1) is 17.5. The van der Waals surface area contributed by atoms with Crippen LogP contribution in [-0.2, 0) is 34.5 Å². The Hall–Kier alpha value is -3.31. The van der Waals surface area contributed by atoms with Gasteiger partial charge < -0.3 is 10.0 Å². The minimum atomic E-state index is -4.40. The van der Waals surface area contributed by atoms with Crippen LogP contribution in [0.5, 0.6) is 0 Å². The summed E-state index contributed by atoms with van der Waals surface area (Å²) in [6.07, 6.45) is -3.74. The maximum absolute atomic E-state index is 15.7. The van der Waals surface area contributed by atoms with E-state index in [4.69, 9.17) is 0 Å². The molecule has 37 heavy (non-hydrogen) atoms. The molecule has 3 aliphatic rings. The Morgan fingerprint density at radius 3 is 2.32 bits per heavy atom. The van der Waals surface area contributed by atoms with Gasteiger partial charge in [0.15, 0.2) is 0 Å². The minimum absolute atomic E-state index is 0.0818. The Morgan fingerprint density at radius 2 is 1.70 bits per heavy atom. The van der Waals surface area contributed by atoms with Gasteiger partial charge in [-0.3, -0.25) is 24.6 Å². The Labute approximate surface area is 210 Å². The van der Waals surface area contributed by atoms with Crippen LogP contribution in [0.15, 0.2) is 36.4 Å². The van der Waals surface area contributed by atoms with Gasteiger partial charge in [-0.2, -0.15) is 13.2 Å². The third-order valence-electron chi connectivity index (χ3n) is 7.52. The van der Waals surface area contributed by atoms with Gasteiger partial charge in [0.25, 0.3) is 5.91 Å². The molecule has 1 atom stereocenters. The van der Waals surface area contributed by atoms with Crippen LogP contribution < -0.4 is 5.32 Å². The van der Waals surface area contributed by atoms with Gasteiger partial charge in [0.05, 0.1) is 17.7 Å². The molecule has 0 saturated carbocycles. The molecule has 5 rings (SSSR count). The molecule has 0 aromatic heterocycles. The van der Waals surface area contributed by atoms with Crippen LogP contribution in [-0.4, -0.2) is 51.8 Å². The number of piperidine rings is 2. The van der Waals surface area contributed by atoms with Crippen molar-refractivity contribution in [3.05, 3.63) is 70.0 Å². The van der Waals surface area contributed by atoms with E-state index in [1.54, 1.807) is 0 Å². The topological polar surface area (TPSA) is 90.0 Å². The van der Waals surface area contributed by atoms with Crippen molar-refractivity contribution in [3.63, 3.8) is 0 Å². The summed E-state index contributed by atoms with van der Waals surface area (Å²) in [6, 6.07) is 6.94. The molecule has 11 heteroatoms. The number of rotatable bonds is 4. The van der Waals surface area contributed by atoms with Crippen LogP contribution in [0.25, 0.3) is 0 Å². The molecule has 2 N–H and O–H groups in total. The van der Waals surface area contributed by atoms with Crippen molar-refractivity contribution >= 4 is 17.7 Å². The zero-order chi connectivity index (χ0) is 26.5. The number of nitrogens with zero attached hydrogens (tertiary/aromatic N) is 2. The number of hydrogen-bond donors (Lipinski definition) is 2. The van der Waals surface area contributed by atoms with E-state index >= 15 is 4.39 Å². The molecular weight excluding hydrogens is 494 g/mol. The highest BCUT2D eigenvalue weighted by Crippen LogP contribution is 2.39. The molecule has 2 aromatic carbocycles. The quantitative estimate of drug-likeness (QED) is 0.479. The lowest BCUT2D eigenvalue weighted by molar-refractivity contribution is -0.138. The molecule has 0 spiro atoms. The van der Waals surface area contributed by atoms with Gasteiger partial charge in [0, 0.05) is 42.7 Å². The van der Waals surface area contributed by atoms with Gasteiger partial charge in [0.1, 0.15) is 11.9 Å². The average Bonchev–Trinajstić information content (AvgIpc) is 3.18. The first-order valence-electron chi connectivity index (χ1n) is 12.0. The molecule has 3 aliphatic heterocycles. The number of likely N-dealkylation sites (tertiary alicyclic amines) is 1. The third-order valence-corrected chi connectivity index (χ3v) is 7.52. The molecule has 2 aromatic rings. The second-order valence-electron chi connectivity index (χ2n) is 9.86. The first kappa shape index (κ1) is 25.3. The fourth-order valence-corrected chi connectivity index (χ4v) is 5.37. The number of carbonyl (C=O) groups excluding carboxylic acids is 3. The van der Waals surface area contributed by atoms with E-state index in [2.05, 4.69) is 5.32 Å². The second kappa shape index (κ2) is 9.21. The summed E-state index contributed by atoms with van der Waals surface area (Å²) >= 11 is 0. The van der Waals surface area contributed by atoms with Crippen LogP contribution in [0.3, 0.4) is 0 Å². The number of carbonyl (C=O) groups is 3. The fraction of sp³-hybridized carbons (Fsp3) is 0.423. The minimum Gasteiger partial charge on any atom is -0.385 e. The fourth-order valence-electron chi connectivity index (χ4n) is 5.37. The van der Waals surface area contributed by atoms with Gasteiger partial charge >= 0.3 is 6.18 Å². The zero-order valence-corrected chi connectivity index (χ0v) is 19.8. The predicted octanol–water partition coefficient (Wildman–Crippen LogP) is 3.09. The Bertz CT molecular complexity index is 1250. The number of imide groups is 1. The monoisotopic (exact) mass is 519 g/mol. The molecule has 7 nitrogen and oxygen atoms in total. The van der Waals surface area contributed by atoms with E-state index in [1.165, 1.54) is 29.2 Å². The zero-order valence-electron chi connectivity index (χ0n) is 19.8. The molecule has 3 heterocycles. The largest absolute Gasteiger partial charge is 0.416 e. The van der Waals surface area contributed by atoms with Crippen LogP contribution in [0.2, 0.25) is 0 Å². The molecule has 0 bridgehead atoms. The van der Waals surface area contributed by atoms with Gasteiger partial charge in [-0.05, 0) is 43.0 Å². The van der Waals surface area contributed by atoms with Crippen molar-refractivity contribution in [2.24, 2.45) is 0 Å². The Morgan fingerprint density at radius 1 is 1.03 bits per heavy atom. The molecule has 2 saturated heterocycles. The number of hydrogen-bond acceptors (Lipinski definition) is 5. The summed E-state index contributed by atoms with van der Waals surface area (Å²) in [5.41, 5.74) is -1.15. The molecule has 2 fully saturated rings. The first-order valence-corrected chi connectivity index (χ1v) is 12.0. The van der Waals surface area contributed by atoms with Gasteiger partial charge in [-0.25, -0.2) is 4.39 Å². The van der Waals surface area contributed by atoms with E-state index < -0.39 is 46.9 Å². The summed E-state index contributed by atoms with van der Waals surface area (Å²) < 4.78 is 54.0. The van der Waals surface area contributed by atoms with Crippen molar-refractivity contribution in [3.8, 4) is 0 Å². The number of nitrogens with one attached hydrogen (secondary N) is 1. The number of fused-ring (bicyclic) bond motifs is 1. The molecule has 0 radical (unpaired) electrons. The maximum Gasteiger partial charge on any atom is 0.416 e. The summed E-state index contributed by atoms with van der Waals surface area (Å²) in [4.78, 5) is 39.8. The Balaban J connectivity index is 1.27. The smallest absolute Gasteiger partial charge is 0.385 e. The van der Waals surface area contributed by atoms with Crippen LogP contribution in [0.1, 0.15) is 58.3 Å². The molecule has 0 aliphatic carbocycles. The van der Waals surface area contributed by atoms with Gasteiger partial charge in [0.2, 0.25) is 11.8 Å². The summed E-state index contributed by atoms with van der Waals surface area (Å²) in [6.45, 7) is 1.07. The molecular formula is C26H25F4N3O4. The maximum atomic E-state index is 15.7. The average molecular weight is 519 g/mol. The lowest BCUT2D eigenvalue weighted by Gasteiger charge is -2.39. The highest BCUT2D eigenvalue weighted by atomic mass is 19.4. The van der Waals surface area contributed by atoms with Crippen molar-refractivity contribution < 1.29 is 37.1 Å². The van der Waals surface area contributed by atoms with Crippen LogP contribution in [0, 0.1) is 5.82 Å². The normalized spacial score (nSPS) is 22.2. The van der Waals surface area contributed by atoms with Crippen LogP contribution >= 0.6 is 0 Å². The Kier molecular flexibility index (Phi) is 6.31. The van der Waals surface area contributed by atoms with Gasteiger partial charge in [-0.1, -0.05) is 18.2 Å². The predicted molar refractivity (Wildman–Crippen MR) is 122 cm³/mol.